The smallest absolute Gasteiger partial charge is 0.251 e. The summed E-state index contributed by atoms with van der Waals surface area (Å²) in [4.78, 5) is 14.9. The maximum absolute atomic E-state index is 12.5. The second-order valence-corrected chi connectivity index (χ2v) is 6.07. The van der Waals surface area contributed by atoms with E-state index in [4.69, 9.17) is 9.15 Å². The van der Waals surface area contributed by atoms with Crippen molar-refractivity contribution in [3.8, 4) is 5.75 Å². The van der Waals surface area contributed by atoms with E-state index in [1.807, 2.05) is 24.3 Å². The van der Waals surface area contributed by atoms with Crippen molar-refractivity contribution in [2.75, 3.05) is 26.7 Å². The lowest BCUT2D eigenvalue weighted by Gasteiger charge is -2.33. The van der Waals surface area contributed by atoms with Crippen LogP contribution in [0.25, 0.3) is 0 Å². The minimum atomic E-state index is -0.0949. The summed E-state index contributed by atoms with van der Waals surface area (Å²) in [6, 6.07) is 11.2. The summed E-state index contributed by atoms with van der Waals surface area (Å²) in [7, 11) is 1.60. The Labute approximate surface area is 142 Å². The minimum Gasteiger partial charge on any atom is -0.497 e. The zero-order chi connectivity index (χ0) is 16.8. The summed E-state index contributed by atoms with van der Waals surface area (Å²) >= 11 is 0. The second kappa shape index (κ2) is 8.02. The van der Waals surface area contributed by atoms with E-state index < -0.39 is 0 Å². The number of amides is 1. The molecule has 0 spiro atoms. The van der Waals surface area contributed by atoms with Crippen LogP contribution in [-0.4, -0.2) is 37.6 Å². The summed E-state index contributed by atoms with van der Waals surface area (Å²) in [5.41, 5.74) is 0.603. The van der Waals surface area contributed by atoms with Crippen molar-refractivity contribution in [2.45, 2.75) is 25.3 Å². The van der Waals surface area contributed by atoms with E-state index in [1.165, 1.54) is 19.3 Å². The van der Waals surface area contributed by atoms with E-state index in [0.29, 0.717) is 17.9 Å². The number of carbonyl (C=O) groups excluding carboxylic acids is 1. The van der Waals surface area contributed by atoms with E-state index in [2.05, 4.69) is 10.2 Å². The molecule has 1 aromatic heterocycles. The molecule has 1 N–H and O–H groups in total. The van der Waals surface area contributed by atoms with E-state index >= 15 is 0 Å². The van der Waals surface area contributed by atoms with E-state index in [9.17, 15) is 4.79 Å². The summed E-state index contributed by atoms with van der Waals surface area (Å²) in [6.07, 6.45) is 5.36. The number of ether oxygens (including phenoxy) is 1. The molecule has 0 aliphatic carbocycles. The number of likely N-dealkylation sites (tertiary alicyclic amines) is 1. The van der Waals surface area contributed by atoms with Crippen LogP contribution in [0.2, 0.25) is 0 Å². The number of carbonyl (C=O) groups is 1. The number of benzene rings is 1. The largest absolute Gasteiger partial charge is 0.497 e. The molecule has 128 valence electrons. The van der Waals surface area contributed by atoms with Gasteiger partial charge in [-0.2, -0.15) is 0 Å². The molecule has 1 fully saturated rings. The molecule has 5 nitrogen and oxygen atoms in total. The van der Waals surface area contributed by atoms with Gasteiger partial charge in [-0.1, -0.05) is 12.5 Å². The van der Waals surface area contributed by atoms with Crippen LogP contribution in [0.4, 0.5) is 0 Å². The first-order valence-electron chi connectivity index (χ1n) is 8.47. The highest BCUT2D eigenvalue weighted by atomic mass is 16.5. The average molecular weight is 328 g/mol. The molecular formula is C19H24N2O3. The molecule has 0 radical (unpaired) electrons. The summed E-state index contributed by atoms with van der Waals surface area (Å²) in [6.45, 7) is 2.62. The number of rotatable bonds is 6. The first-order chi connectivity index (χ1) is 11.8. The van der Waals surface area contributed by atoms with Crippen LogP contribution in [0.15, 0.2) is 47.1 Å². The Morgan fingerprint density at radius 3 is 2.79 bits per heavy atom. The molecule has 0 unspecified atom stereocenters. The lowest BCUT2D eigenvalue weighted by Crippen LogP contribution is -2.40. The molecule has 1 aromatic carbocycles. The SMILES string of the molecule is COc1cccc(C(=O)NC[C@H](c2ccco2)N2CCCCC2)c1. The van der Waals surface area contributed by atoms with Gasteiger partial charge in [0.2, 0.25) is 0 Å². The van der Waals surface area contributed by atoms with Crippen LogP contribution < -0.4 is 10.1 Å². The Morgan fingerprint density at radius 2 is 2.08 bits per heavy atom. The van der Waals surface area contributed by atoms with Crippen molar-refractivity contribution >= 4 is 5.91 Å². The molecule has 0 saturated carbocycles. The Bertz CT molecular complexity index is 648. The van der Waals surface area contributed by atoms with Gasteiger partial charge in [-0.25, -0.2) is 0 Å². The predicted octanol–water partition coefficient (Wildman–Crippen LogP) is 3.25. The molecule has 2 aromatic rings. The summed E-state index contributed by atoms with van der Waals surface area (Å²) in [5.74, 6) is 1.49. The maximum Gasteiger partial charge on any atom is 0.251 e. The third-order valence-corrected chi connectivity index (χ3v) is 4.49. The first-order valence-corrected chi connectivity index (χ1v) is 8.47. The van der Waals surface area contributed by atoms with Crippen molar-refractivity contribution in [3.05, 3.63) is 54.0 Å². The van der Waals surface area contributed by atoms with Gasteiger partial charge in [-0.3, -0.25) is 9.69 Å². The highest BCUT2D eigenvalue weighted by molar-refractivity contribution is 5.94. The topological polar surface area (TPSA) is 54.7 Å². The molecule has 1 aliphatic rings. The lowest BCUT2D eigenvalue weighted by atomic mass is 10.1. The maximum atomic E-state index is 12.5. The minimum absolute atomic E-state index is 0.0786. The number of furan rings is 1. The van der Waals surface area contributed by atoms with Gasteiger partial charge in [0.15, 0.2) is 0 Å². The van der Waals surface area contributed by atoms with Gasteiger partial charge in [0.25, 0.3) is 5.91 Å². The van der Waals surface area contributed by atoms with Crippen LogP contribution in [0.5, 0.6) is 5.75 Å². The van der Waals surface area contributed by atoms with Crippen molar-refractivity contribution in [1.82, 2.24) is 10.2 Å². The lowest BCUT2D eigenvalue weighted by molar-refractivity contribution is 0.0914. The van der Waals surface area contributed by atoms with Crippen LogP contribution in [-0.2, 0) is 0 Å². The highest BCUT2D eigenvalue weighted by Crippen LogP contribution is 2.24. The molecule has 1 saturated heterocycles. The molecule has 2 heterocycles. The summed E-state index contributed by atoms with van der Waals surface area (Å²) in [5, 5.41) is 3.04. The molecule has 3 rings (SSSR count). The molecule has 1 atom stereocenters. The number of hydrogen-bond acceptors (Lipinski definition) is 4. The third kappa shape index (κ3) is 3.97. The number of methoxy groups -OCH3 is 1. The molecule has 1 amide bonds. The van der Waals surface area contributed by atoms with Gasteiger partial charge in [0, 0.05) is 12.1 Å². The first kappa shape index (κ1) is 16.6. The van der Waals surface area contributed by atoms with Crippen LogP contribution >= 0.6 is 0 Å². The monoisotopic (exact) mass is 328 g/mol. The Morgan fingerprint density at radius 1 is 1.25 bits per heavy atom. The zero-order valence-corrected chi connectivity index (χ0v) is 14.0. The fraction of sp³-hybridized carbons (Fsp3) is 0.421. The highest BCUT2D eigenvalue weighted by Gasteiger charge is 2.25. The Hall–Kier alpha value is -2.27. The standard InChI is InChI=1S/C19H24N2O3/c1-23-16-8-5-7-15(13-16)19(22)20-14-17(18-9-6-12-24-18)21-10-3-2-4-11-21/h5-9,12-13,17H,2-4,10-11,14H2,1H3,(H,20,22)/t17-/m1/s1. The summed E-state index contributed by atoms with van der Waals surface area (Å²) < 4.78 is 10.8. The van der Waals surface area contributed by atoms with Crippen LogP contribution in [0.3, 0.4) is 0 Å². The molecule has 1 aliphatic heterocycles. The van der Waals surface area contributed by atoms with Crippen molar-refractivity contribution in [2.24, 2.45) is 0 Å². The van der Waals surface area contributed by atoms with E-state index in [0.717, 1.165) is 18.8 Å². The molecule has 0 bridgehead atoms. The van der Waals surface area contributed by atoms with E-state index in [1.54, 1.807) is 25.5 Å². The van der Waals surface area contributed by atoms with E-state index in [-0.39, 0.29) is 11.9 Å². The fourth-order valence-electron chi connectivity index (χ4n) is 3.18. The molecular weight excluding hydrogens is 304 g/mol. The normalized spacial score (nSPS) is 16.5. The number of piperidine rings is 1. The van der Waals surface area contributed by atoms with Gasteiger partial charge in [-0.05, 0) is 56.3 Å². The van der Waals surface area contributed by atoms with Crippen molar-refractivity contribution in [3.63, 3.8) is 0 Å². The van der Waals surface area contributed by atoms with Gasteiger partial charge >= 0.3 is 0 Å². The zero-order valence-electron chi connectivity index (χ0n) is 14.0. The Kier molecular flexibility index (Phi) is 5.54. The molecule has 5 heteroatoms. The fourth-order valence-corrected chi connectivity index (χ4v) is 3.18. The second-order valence-electron chi connectivity index (χ2n) is 6.07. The van der Waals surface area contributed by atoms with Crippen molar-refractivity contribution in [1.29, 1.82) is 0 Å². The van der Waals surface area contributed by atoms with Crippen LogP contribution in [0.1, 0.15) is 41.4 Å². The van der Waals surface area contributed by atoms with Gasteiger partial charge in [0.1, 0.15) is 11.5 Å². The Balaban J connectivity index is 1.67. The number of hydrogen-bond donors (Lipinski definition) is 1. The predicted molar refractivity (Wildman–Crippen MR) is 92.2 cm³/mol. The number of nitrogens with one attached hydrogen (secondary N) is 1. The average Bonchev–Trinajstić information content (AvgIpc) is 3.17. The van der Waals surface area contributed by atoms with Crippen molar-refractivity contribution < 1.29 is 13.9 Å². The van der Waals surface area contributed by atoms with Gasteiger partial charge in [-0.15, -0.1) is 0 Å². The molecule has 24 heavy (non-hydrogen) atoms. The van der Waals surface area contributed by atoms with Gasteiger partial charge in [0.05, 0.1) is 19.4 Å². The number of nitrogens with zero attached hydrogens (tertiary/aromatic N) is 1. The van der Waals surface area contributed by atoms with Gasteiger partial charge < -0.3 is 14.5 Å². The van der Waals surface area contributed by atoms with Crippen LogP contribution in [0, 0.1) is 0 Å². The quantitative estimate of drug-likeness (QED) is 0.884. The third-order valence-electron chi connectivity index (χ3n) is 4.49.